The number of hydrogen-bond donors (Lipinski definition) is 0. The van der Waals surface area contributed by atoms with Gasteiger partial charge in [0.25, 0.3) is 0 Å². The summed E-state index contributed by atoms with van der Waals surface area (Å²) >= 11 is 1.77. The topological polar surface area (TPSA) is 43.6 Å². The maximum Gasteiger partial charge on any atom is 0.192 e. The first-order valence-corrected chi connectivity index (χ1v) is 9.23. The first-order valence-electron chi connectivity index (χ1n) is 8.35. The Kier molecular flexibility index (Phi) is 4.34. The van der Waals surface area contributed by atoms with Gasteiger partial charge in [-0.3, -0.25) is 4.98 Å². The van der Waals surface area contributed by atoms with E-state index < -0.39 is 0 Å². The van der Waals surface area contributed by atoms with Gasteiger partial charge in [0.15, 0.2) is 5.16 Å². The molecule has 0 aliphatic heterocycles. The molecule has 5 heteroatoms. The maximum atomic E-state index is 4.50. The zero-order valence-electron chi connectivity index (χ0n) is 13.7. The molecule has 0 bridgehead atoms. The molecule has 0 unspecified atom stereocenters. The van der Waals surface area contributed by atoms with Crippen LogP contribution in [0.3, 0.4) is 0 Å². The molecule has 1 atom stereocenters. The molecule has 1 fully saturated rings. The van der Waals surface area contributed by atoms with Crippen LogP contribution in [0.4, 0.5) is 0 Å². The fourth-order valence-electron chi connectivity index (χ4n) is 2.81. The van der Waals surface area contributed by atoms with E-state index in [1.807, 2.05) is 12.4 Å². The third-order valence-electron chi connectivity index (χ3n) is 4.33. The highest BCUT2D eigenvalue weighted by Gasteiger charge is 2.30. The molecule has 0 saturated heterocycles. The lowest BCUT2D eigenvalue weighted by Crippen LogP contribution is -2.06. The van der Waals surface area contributed by atoms with Crippen molar-refractivity contribution in [2.75, 3.05) is 0 Å². The van der Waals surface area contributed by atoms with Gasteiger partial charge in [0.2, 0.25) is 0 Å². The lowest BCUT2D eigenvalue weighted by atomic mass is 10.2. The number of thioether (sulfide) groups is 1. The molecule has 0 radical (unpaired) electrons. The normalized spacial score (nSPS) is 15.4. The van der Waals surface area contributed by atoms with Crippen LogP contribution in [0.2, 0.25) is 0 Å². The molecular formula is C19H20N4S. The molecule has 1 aromatic carbocycles. The fraction of sp³-hybridized carbons (Fsp3) is 0.316. The average Bonchev–Trinajstić information content (AvgIpc) is 3.40. The molecule has 24 heavy (non-hydrogen) atoms. The second kappa shape index (κ2) is 6.77. The van der Waals surface area contributed by atoms with Crippen LogP contribution in [0.5, 0.6) is 0 Å². The van der Waals surface area contributed by atoms with Gasteiger partial charge in [-0.25, -0.2) is 0 Å². The van der Waals surface area contributed by atoms with Crippen molar-refractivity contribution in [3.05, 3.63) is 71.8 Å². The molecule has 1 saturated carbocycles. The van der Waals surface area contributed by atoms with Crippen LogP contribution in [-0.2, 0) is 6.54 Å². The van der Waals surface area contributed by atoms with E-state index in [1.165, 1.54) is 24.0 Å². The largest absolute Gasteiger partial charge is 0.301 e. The third-order valence-corrected chi connectivity index (χ3v) is 5.47. The maximum absolute atomic E-state index is 4.50. The van der Waals surface area contributed by atoms with E-state index in [1.54, 1.807) is 11.8 Å². The summed E-state index contributed by atoms with van der Waals surface area (Å²) in [6.45, 7) is 3.05. The van der Waals surface area contributed by atoms with Crippen LogP contribution >= 0.6 is 11.8 Å². The van der Waals surface area contributed by atoms with Crippen LogP contribution < -0.4 is 0 Å². The Morgan fingerprint density at radius 1 is 1.08 bits per heavy atom. The van der Waals surface area contributed by atoms with Gasteiger partial charge in [0, 0.05) is 23.6 Å². The van der Waals surface area contributed by atoms with E-state index in [4.69, 9.17) is 0 Å². The van der Waals surface area contributed by atoms with Crippen molar-refractivity contribution in [1.29, 1.82) is 0 Å². The summed E-state index contributed by atoms with van der Waals surface area (Å²) in [7, 11) is 0. The van der Waals surface area contributed by atoms with Crippen LogP contribution in [0.25, 0.3) is 0 Å². The van der Waals surface area contributed by atoms with Crippen molar-refractivity contribution >= 4 is 11.8 Å². The second-order valence-corrected chi connectivity index (χ2v) is 7.54. The number of hydrogen-bond acceptors (Lipinski definition) is 4. The summed E-state index contributed by atoms with van der Waals surface area (Å²) in [4.78, 5) is 4.10. The highest BCUT2D eigenvalue weighted by atomic mass is 32.2. The summed E-state index contributed by atoms with van der Waals surface area (Å²) < 4.78 is 2.30. The average molecular weight is 336 g/mol. The van der Waals surface area contributed by atoms with E-state index >= 15 is 0 Å². The van der Waals surface area contributed by atoms with Crippen molar-refractivity contribution in [1.82, 2.24) is 19.7 Å². The lowest BCUT2D eigenvalue weighted by molar-refractivity contribution is 0.666. The van der Waals surface area contributed by atoms with Crippen molar-refractivity contribution in [3.63, 3.8) is 0 Å². The Hall–Kier alpha value is -2.14. The molecule has 1 aliphatic carbocycles. The highest BCUT2D eigenvalue weighted by molar-refractivity contribution is 7.99. The van der Waals surface area contributed by atoms with Gasteiger partial charge in [0.1, 0.15) is 5.82 Å². The number of pyridine rings is 1. The standard InChI is InChI=1S/C19H20N4S/c1-14(16-9-11-20-12-10-16)24-19-22-21-18(17-7-8-17)23(19)13-15-5-3-2-4-6-15/h2-6,9-12,14,17H,7-8,13H2,1H3/t14-/m0/s1. The van der Waals surface area contributed by atoms with Crippen LogP contribution in [0, 0.1) is 0 Å². The van der Waals surface area contributed by atoms with E-state index in [0.29, 0.717) is 11.2 Å². The molecule has 122 valence electrons. The predicted molar refractivity (Wildman–Crippen MR) is 96.1 cm³/mol. The quantitative estimate of drug-likeness (QED) is 0.624. The van der Waals surface area contributed by atoms with Gasteiger partial charge in [0.05, 0.1) is 6.54 Å². The zero-order valence-corrected chi connectivity index (χ0v) is 14.5. The molecule has 0 N–H and O–H groups in total. The van der Waals surface area contributed by atoms with Crippen molar-refractivity contribution < 1.29 is 0 Å². The monoisotopic (exact) mass is 336 g/mol. The van der Waals surface area contributed by atoms with Gasteiger partial charge in [-0.1, -0.05) is 42.1 Å². The van der Waals surface area contributed by atoms with Gasteiger partial charge in [-0.05, 0) is 43.0 Å². The van der Waals surface area contributed by atoms with E-state index in [9.17, 15) is 0 Å². The Balaban J connectivity index is 1.61. The molecule has 3 aromatic rings. The number of aromatic nitrogens is 4. The van der Waals surface area contributed by atoms with E-state index in [0.717, 1.165) is 17.5 Å². The summed E-state index contributed by atoms with van der Waals surface area (Å²) in [5.74, 6) is 1.73. The van der Waals surface area contributed by atoms with Crippen LogP contribution in [-0.4, -0.2) is 19.7 Å². The van der Waals surface area contributed by atoms with Crippen molar-refractivity contribution in [2.45, 2.75) is 42.6 Å². The van der Waals surface area contributed by atoms with Gasteiger partial charge >= 0.3 is 0 Å². The summed E-state index contributed by atoms with van der Waals surface area (Å²) in [5.41, 5.74) is 2.55. The minimum absolute atomic E-state index is 0.318. The van der Waals surface area contributed by atoms with Crippen molar-refractivity contribution in [2.24, 2.45) is 0 Å². The van der Waals surface area contributed by atoms with Gasteiger partial charge < -0.3 is 4.57 Å². The summed E-state index contributed by atoms with van der Waals surface area (Å²) in [6, 6.07) is 14.7. The molecule has 1 aliphatic rings. The Bertz CT molecular complexity index is 797. The van der Waals surface area contributed by atoms with Crippen LogP contribution in [0.15, 0.2) is 60.0 Å². The van der Waals surface area contributed by atoms with E-state index in [-0.39, 0.29) is 0 Å². The molecule has 2 aromatic heterocycles. The first-order chi connectivity index (χ1) is 11.8. The Labute approximate surface area is 146 Å². The predicted octanol–water partition coefficient (Wildman–Crippen LogP) is 4.45. The second-order valence-electron chi connectivity index (χ2n) is 6.23. The minimum Gasteiger partial charge on any atom is -0.301 e. The lowest BCUT2D eigenvalue weighted by Gasteiger charge is -2.13. The fourth-order valence-corrected chi connectivity index (χ4v) is 3.79. The minimum atomic E-state index is 0.318. The molecule has 4 nitrogen and oxygen atoms in total. The molecular weight excluding hydrogens is 316 g/mol. The number of rotatable bonds is 6. The van der Waals surface area contributed by atoms with E-state index in [2.05, 4.69) is 69.1 Å². The Morgan fingerprint density at radius 2 is 1.83 bits per heavy atom. The molecule has 2 heterocycles. The number of benzene rings is 1. The third kappa shape index (κ3) is 3.36. The van der Waals surface area contributed by atoms with Gasteiger partial charge in [-0.2, -0.15) is 0 Å². The van der Waals surface area contributed by atoms with Gasteiger partial charge in [-0.15, -0.1) is 10.2 Å². The summed E-state index contributed by atoms with van der Waals surface area (Å²) in [6.07, 6.45) is 6.16. The smallest absolute Gasteiger partial charge is 0.192 e. The van der Waals surface area contributed by atoms with Crippen LogP contribution in [0.1, 0.15) is 47.9 Å². The first kappa shape index (κ1) is 15.4. The molecule has 4 rings (SSSR count). The Morgan fingerprint density at radius 3 is 2.54 bits per heavy atom. The molecule has 0 amide bonds. The SMILES string of the molecule is C[C@H](Sc1nnc(C2CC2)n1Cc1ccccc1)c1ccncc1. The number of nitrogens with zero attached hydrogens (tertiary/aromatic N) is 4. The zero-order chi connectivity index (χ0) is 16.4. The molecule has 0 spiro atoms. The highest BCUT2D eigenvalue weighted by Crippen LogP contribution is 2.42. The van der Waals surface area contributed by atoms with Crippen molar-refractivity contribution in [3.8, 4) is 0 Å². The summed E-state index contributed by atoms with van der Waals surface area (Å²) in [5, 5.41) is 10.3.